The van der Waals surface area contributed by atoms with Crippen LogP contribution in [-0.4, -0.2) is 82.6 Å². The first-order valence-corrected chi connectivity index (χ1v) is 29.7. The van der Waals surface area contributed by atoms with Gasteiger partial charge in [-0.1, -0.05) is 192 Å². The van der Waals surface area contributed by atoms with Crippen molar-refractivity contribution < 1.29 is 33.3 Å². The fourth-order valence-electron chi connectivity index (χ4n) is 8.59. The van der Waals surface area contributed by atoms with Gasteiger partial charge in [-0.05, 0) is 117 Å². The molecule has 0 aromatic carbocycles. The van der Waals surface area contributed by atoms with Crippen LogP contribution < -0.4 is 5.32 Å². The first-order chi connectivity index (χ1) is 33.9. The number of allylic oxidation sites excluding steroid dienone is 4. The number of ether oxygens (including phenoxy) is 4. The minimum absolute atomic E-state index is 0.112. The molecule has 0 fully saturated rings. The molecule has 0 aliphatic heterocycles. The summed E-state index contributed by atoms with van der Waals surface area (Å²) in [5.74, 6) is -0.224. The number of rotatable bonds is 55. The second-order valence-electron chi connectivity index (χ2n) is 20.3. The predicted molar refractivity (Wildman–Crippen MR) is 293 cm³/mol. The molecule has 0 rings (SSSR count). The number of amides is 1. The van der Waals surface area contributed by atoms with E-state index >= 15 is 0 Å². The Hall–Kier alpha value is -2.39. The summed E-state index contributed by atoms with van der Waals surface area (Å²) >= 11 is 0. The number of carbonyl (C=O) groups excluding carboxylic acids is 3. The average Bonchev–Trinajstić information content (AvgIpc) is 3.33. The lowest BCUT2D eigenvalue weighted by Gasteiger charge is -2.18. The first-order valence-electron chi connectivity index (χ1n) is 29.7. The van der Waals surface area contributed by atoms with Crippen molar-refractivity contribution >= 4 is 18.0 Å². The maximum atomic E-state index is 12.6. The molecule has 0 aliphatic carbocycles. The molecular formula is C60H114N2O7. The third-order valence-corrected chi connectivity index (χ3v) is 13.1. The number of alkyl carbamates (subject to hydrolysis) is 1. The second-order valence-corrected chi connectivity index (χ2v) is 20.3. The van der Waals surface area contributed by atoms with E-state index in [0.717, 1.165) is 57.9 Å². The van der Waals surface area contributed by atoms with Crippen molar-refractivity contribution in [1.82, 2.24) is 10.2 Å². The largest absolute Gasteiger partial charge is 0.466 e. The SMILES string of the molecule is CCCCCCCC/C=C\CCCCCCCCCCCC(=O)OCCCCC(CCCCOC(=O)CCCCCCCCCCC/C=C\CCCCCCCC)OC(=O)NCCOCCN(C)C. The summed E-state index contributed by atoms with van der Waals surface area (Å²) in [6.45, 7) is 7.59. The number of likely N-dealkylation sites (N-methyl/N-ethyl adjacent to an activating group) is 1. The Labute approximate surface area is 427 Å². The monoisotopic (exact) mass is 975 g/mol. The number of esters is 2. The number of unbranched alkanes of at least 4 members (excludes halogenated alkanes) is 32. The van der Waals surface area contributed by atoms with E-state index in [-0.39, 0.29) is 18.0 Å². The van der Waals surface area contributed by atoms with Crippen LogP contribution in [-0.2, 0) is 28.5 Å². The maximum Gasteiger partial charge on any atom is 0.407 e. The van der Waals surface area contributed by atoms with E-state index in [0.29, 0.717) is 58.7 Å². The van der Waals surface area contributed by atoms with Crippen LogP contribution in [0.3, 0.4) is 0 Å². The Bertz CT molecular complexity index is 1070. The fraction of sp³-hybridized carbons (Fsp3) is 0.883. The van der Waals surface area contributed by atoms with E-state index in [1.54, 1.807) is 0 Å². The summed E-state index contributed by atoms with van der Waals surface area (Å²) < 4.78 is 22.5. The van der Waals surface area contributed by atoms with Crippen LogP contribution in [0.5, 0.6) is 0 Å². The molecule has 0 radical (unpaired) electrons. The average molecular weight is 976 g/mol. The minimum Gasteiger partial charge on any atom is -0.466 e. The summed E-state index contributed by atoms with van der Waals surface area (Å²) in [7, 11) is 4.00. The summed E-state index contributed by atoms with van der Waals surface area (Å²) in [6, 6.07) is 0. The smallest absolute Gasteiger partial charge is 0.407 e. The van der Waals surface area contributed by atoms with Crippen LogP contribution in [0.1, 0.15) is 284 Å². The molecule has 1 amide bonds. The van der Waals surface area contributed by atoms with Crippen LogP contribution in [0.25, 0.3) is 0 Å². The maximum absolute atomic E-state index is 12.6. The molecule has 406 valence electrons. The Morgan fingerprint density at radius 1 is 0.420 bits per heavy atom. The number of carbonyl (C=O) groups is 3. The zero-order valence-corrected chi connectivity index (χ0v) is 46.1. The van der Waals surface area contributed by atoms with Crippen LogP contribution in [0.4, 0.5) is 4.79 Å². The van der Waals surface area contributed by atoms with Crippen molar-refractivity contribution in [1.29, 1.82) is 0 Å². The van der Waals surface area contributed by atoms with Gasteiger partial charge in [0.1, 0.15) is 6.10 Å². The van der Waals surface area contributed by atoms with Gasteiger partial charge in [-0.3, -0.25) is 9.59 Å². The molecule has 69 heavy (non-hydrogen) atoms. The highest BCUT2D eigenvalue weighted by molar-refractivity contribution is 5.69. The zero-order chi connectivity index (χ0) is 50.2. The minimum atomic E-state index is -0.441. The molecule has 0 aliphatic rings. The van der Waals surface area contributed by atoms with Crippen molar-refractivity contribution in [2.24, 2.45) is 0 Å². The molecule has 0 aromatic rings. The molecule has 0 saturated carbocycles. The van der Waals surface area contributed by atoms with E-state index in [9.17, 15) is 14.4 Å². The number of hydrogen-bond acceptors (Lipinski definition) is 8. The molecule has 9 nitrogen and oxygen atoms in total. The van der Waals surface area contributed by atoms with E-state index in [2.05, 4.69) is 48.4 Å². The van der Waals surface area contributed by atoms with Gasteiger partial charge in [-0.25, -0.2) is 4.79 Å². The van der Waals surface area contributed by atoms with Crippen LogP contribution in [0.2, 0.25) is 0 Å². The van der Waals surface area contributed by atoms with Gasteiger partial charge in [-0.2, -0.15) is 0 Å². The second kappa shape index (κ2) is 56.5. The van der Waals surface area contributed by atoms with Crippen molar-refractivity contribution in [2.45, 2.75) is 290 Å². The summed E-state index contributed by atoms with van der Waals surface area (Å²) in [5, 5.41) is 2.81. The van der Waals surface area contributed by atoms with E-state index < -0.39 is 6.09 Å². The summed E-state index contributed by atoms with van der Waals surface area (Å²) in [5.41, 5.74) is 0. The molecule has 1 N–H and O–H groups in total. The zero-order valence-electron chi connectivity index (χ0n) is 46.1. The summed E-state index contributed by atoms with van der Waals surface area (Å²) in [4.78, 5) is 39.4. The molecule has 0 spiro atoms. The van der Waals surface area contributed by atoms with Gasteiger partial charge in [0.2, 0.25) is 0 Å². The number of nitrogens with zero attached hydrogens (tertiary/aromatic N) is 1. The van der Waals surface area contributed by atoms with Crippen molar-refractivity contribution in [2.75, 3.05) is 53.6 Å². The number of hydrogen-bond donors (Lipinski definition) is 1. The van der Waals surface area contributed by atoms with E-state index in [1.165, 1.54) is 193 Å². The molecule has 0 atom stereocenters. The Balaban J connectivity index is 4.05. The predicted octanol–water partition coefficient (Wildman–Crippen LogP) is 17.3. The third kappa shape index (κ3) is 56.4. The third-order valence-electron chi connectivity index (χ3n) is 13.1. The highest BCUT2D eigenvalue weighted by atomic mass is 16.6. The van der Waals surface area contributed by atoms with Gasteiger partial charge in [0.25, 0.3) is 0 Å². The molecule has 0 aromatic heterocycles. The van der Waals surface area contributed by atoms with Crippen molar-refractivity contribution in [3.05, 3.63) is 24.3 Å². The lowest BCUT2D eigenvalue weighted by Crippen LogP contribution is -2.32. The fourth-order valence-corrected chi connectivity index (χ4v) is 8.59. The molecule has 9 heteroatoms. The van der Waals surface area contributed by atoms with Gasteiger partial charge >= 0.3 is 18.0 Å². The highest BCUT2D eigenvalue weighted by Crippen LogP contribution is 2.17. The summed E-state index contributed by atoms with van der Waals surface area (Å²) in [6.07, 6.45) is 57.8. The van der Waals surface area contributed by atoms with Gasteiger partial charge in [0, 0.05) is 25.9 Å². The highest BCUT2D eigenvalue weighted by Gasteiger charge is 2.15. The lowest BCUT2D eigenvalue weighted by atomic mass is 10.1. The van der Waals surface area contributed by atoms with Gasteiger partial charge in [-0.15, -0.1) is 0 Å². The van der Waals surface area contributed by atoms with Gasteiger partial charge in [0.05, 0.1) is 26.4 Å². The van der Waals surface area contributed by atoms with Gasteiger partial charge in [0.15, 0.2) is 0 Å². The number of nitrogens with one attached hydrogen (secondary N) is 1. The first kappa shape index (κ1) is 66.6. The Kier molecular flexibility index (Phi) is 54.6. The Morgan fingerprint density at radius 3 is 1.13 bits per heavy atom. The molecule has 0 bridgehead atoms. The van der Waals surface area contributed by atoms with Crippen molar-refractivity contribution in [3.63, 3.8) is 0 Å². The standard InChI is InChI=1S/C60H114N2O7/c1-5-7-9-11-13-15-17-19-21-23-25-27-29-31-33-35-37-39-41-49-58(63)67-53-45-43-47-57(69-60(65)61-51-55-66-56-52-62(3)4)48-44-46-54-68-59(64)50-42-40-38-36-34-32-30-28-26-24-22-20-18-16-14-12-10-8-6-2/h19-22,57H,5-18,23-56H2,1-4H3,(H,61,65)/b21-19-,22-20-. The van der Waals surface area contributed by atoms with Crippen LogP contribution in [0.15, 0.2) is 24.3 Å². The normalized spacial score (nSPS) is 11.7. The van der Waals surface area contributed by atoms with E-state index in [1.807, 2.05) is 14.1 Å². The molecule has 0 saturated heterocycles. The van der Waals surface area contributed by atoms with E-state index in [4.69, 9.17) is 18.9 Å². The lowest BCUT2D eigenvalue weighted by molar-refractivity contribution is -0.144. The molecule has 0 unspecified atom stereocenters. The van der Waals surface area contributed by atoms with Crippen LogP contribution >= 0.6 is 0 Å². The molecular weight excluding hydrogens is 861 g/mol. The van der Waals surface area contributed by atoms with Crippen molar-refractivity contribution in [3.8, 4) is 0 Å². The molecule has 0 heterocycles. The van der Waals surface area contributed by atoms with Gasteiger partial charge < -0.3 is 29.2 Å². The Morgan fingerprint density at radius 2 is 0.768 bits per heavy atom. The topological polar surface area (TPSA) is 103 Å². The quantitative estimate of drug-likeness (QED) is 0.0278. The van der Waals surface area contributed by atoms with Crippen LogP contribution in [0, 0.1) is 0 Å².